The molecule has 0 bridgehead atoms. The average molecular weight is 189 g/mol. The van der Waals surface area contributed by atoms with Crippen molar-refractivity contribution in [2.24, 2.45) is 0 Å². The third kappa shape index (κ3) is 1.50. The van der Waals surface area contributed by atoms with Crippen LogP contribution in [0.2, 0.25) is 0 Å². The standard InChI is InChI=1S/C8H15NO2S/c10-12(11,8-4-5-8)9-6-2-1-3-7-9/h8H,1-7H2. The lowest BCUT2D eigenvalue weighted by Gasteiger charge is -2.25. The maximum Gasteiger partial charge on any atom is 0.216 e. The van der Waals surface area contributed by atoms with Crippen molar-refractivity contribution in [3.8, 4) is 0 Å². The maximum absolute atomic E-state index is 11.7. The molecule has 1 aliphatic carbocycles. The fourth-order valence-corrected chi connectivity index (χ4v) is 3.62. The molecule has 4 heteroatoms. The highest BCUT2D eigenvalue weighted by Crippen LogP contribution is 2.32. The Labute approximate surface area is 73.8 Å². The molecule has 2 aliphatic rings. The molecule has 0 unspecified atom stereocenters. The van der Waals surface area contributed by atoms with E-state index < -0.39 is 10.0 Å². The Morgan fingerprint density at radius 1 is 1.00 bits per heavy atom. The van der Waals surface area contributed by atoms with Gasteiger partial charge in [-0.25, -0.2) is 12.7 Å². The van der Waals surface area contributed by atoms with Crippen LogP contribution in [0, 0.1) is 0 Å². The van der Waals surface area contributed by atoms with Gasteiger partial charge in [0.2, 0.25) is 10.0 Å². The van der Waals surface area contributed by atoms with Crippen molar-refractivity contribution in [1.29, 1.82) is 0 Å². The second-order valence-corrected chi connectivity index (χ2v) is 5.92. The van der Waals surface area contributed by atoms with Crippen molar-refractivity contribution < 1.29 is 8.42 Å². The number of nitrogens with zero attached hydrogens (tertiary/aromatic N) is 1. The lowest BCUT2D eigenvalue weighted by atomic mass is 10.2. The van der Waals surface area contributed by atoms with E-state index in [2.05, 4.69) is 0 Å². The second-order valence-electron chi connectivity index (χ2n) is 3.70. The first kappa shape index (κ1) is 8.51. The van der Waals surface area contributed by atoms with Gasteiger partial charge < -0.3 is 0 Å². The molecule has 12 heavy (non-hydrogen) atoms. The van der Waals surface area contributed by atoms with Crippen LogP contribution in [0.5, 0.6) is 0 Å². The molecule has 0 amide bonds. The minimum absolute atomic E-state index is 0.0180. The van der Waals surface area contributed by atoms with Gasteiger partial charge in [0.25, 0.3) is 0 Å². The van der Waals surface area contributed by atoms with Crippen LogP contribution in [0.3, 0.4) is 0 Å². The van der Waals surface area contributed by atoms with Gasteiger partial charge in [-0.15, -0.1) is 0 Å². The Morgan fingerprint density at radius 3 is 2.08 bits per heavy atom. The third-order valence-electron chi connectivity index (χ3n) is 2.62. The molecule has 1 saturated carbocycles. The van der Waals surface area contributed by atoms with Gasteiger partial charge in [-0.1, -0.05) is 6.42 Å². The molecule has 1 saturated heterocycles. The highest BCUT2D eigenvalue weighted by atomic mass is 32.2. The predicted molar refractivity (Wildman–Crippen MR) is 47.4 cm³/mol. The van der Waals surface area contributed by atoms with Crippen molar-refractivity contribution in [2.45, 2.75) is 37.4 Å². The fourth-order valence-electron chi connectivity index (χ4n) is 1.70. The summed E-state index contributed by atoms with van der Waals surface area (Å²) in [7, 11) is -2.86. The van der Waals surface area contributed by atoms with Crippen LogP contribution in [0.1, 0.15) is 32.1 Å². The lowest BCUT2D eigenvalue weighted by molar-refractivity contribution is 0.346. The molecule has 0 aromatic heterocycles. The summed E-state index contributed by atoms with van der Waals surface area (Å²) in [6.07, 6.45) is 5.06. The number of piperidine rings is 1. The van der Waals surface area contributed by atoms with Gasteiger partial charge in [-0.3, -0.25) is 0 Å². The molecule has 1 heterocycles. The number of rotatable bonds is 2. The quantitative estimate of drug-likeness (QED) is 0.649. The highest BCUT2D eigenvalue weighted by Gasteiger charge is 2.40. The molecule has 2 rings (SSSR count). The van der Waals surface area contributed by atoms with Crippen LogP contribution in [0.4, 0.5) is 0 Å². The van der Waals surface area contributed by atoms with Crippen molar-refractivity contribution in [2.75, 3.05) is 13.1 Å². The average Bonchev–Trinajstić information content (AvgIpc) is 2.88. The van der Waals surface area contributed by atoms with Crippen LogP contribution in [-0.2, 0) is 10.0 Å². The van der Waals surface area contributed by atoms with Crippen molar-refractivity contribution in [3.05, 3.63) is 0 Å². The summed E-state index contributed by atoms with van der Waals surface area (Å²) in [6.45, 7) is 1.53. The molecule has 0 aromatic rings. The Hall–Kier alpha value is -0.0900. The van der Waals surface area contributed by atoms with E-state index >= 15 is 0 Å². The van der Waals surface area contributed by atoms with Gasteiger partial charge in [-0.2, -0.15) is 0 Å². The fraction of sp³-hybridized carbons (Fsp3) is 1.00. The van der Waals surface area contributed by atoms with Crippen LogP contribution < -0.4 is 0 Å². The molecule has 1 aliphatic heterocycles. The van der Waals surface area contributed by atoms with Crippen LogP contribution in [0.15, 0.2) is 0 Å². The minimum atomic E-state index is -2.86. The predicted octanol–water partition coefficient (Wildman–Crippen LogP) is 0.965. The molecule has 0 spiro atoms. The first-order valence-corrected chi connectivity index (χ1v) is 6.20. The number of hydrogen-bond acceptors (Lipinski definition) is 2. The van der Waals surface area contributed by atoms with E-state index in [0.29, 0.717) is 0 Å². The smallest absolute Gasteiger partial charge is 0.212 e. The van der Waals surface area contributed by atoms with Gasteiger partial charge in [-0.05, 0) is 25.7 Å². The zero-order valence-electron chi connectivity index (χ0n) is 7.20. The first-order chi connectivity index (χ1) is 5.71. The SMILES string of the molecule is O=S(=O)(C1CC1)N1CCCCC1. The third-order valence-corrected chi connectivity index (χ3v) is 5.02. The van der Waals surface area contributed by atoms with Gasteiger partial charge in [0.05, 0.1) is 5.25 Å². The van der Waals surface area contributed by atoms with E-state index in [9.17, 15) is 8.42 Å². The van der Waals surface area contributed by atoms with Crippen LogP contribution >= 0.6 is 0 Å². The second kappa shape index (κ2) is 3.00. The molecule has 2 fully saturated rings. The Balaban J connectivity index is 2.05. The van der Waals surface area contributed by atoms with Gasteiger partial charge in [0.15, 0.2) is 0 Å². The van der Waals surface area contributed by atoms with Crippen molar-refractivity contribution in [3.63, 3.8) is 0 Å². The summed E-state index contributed by atoms with van der Waals surface area (Å²) in [6, 6.07) is 0. The molecule has 70 valence electrons. The van der Waals surface area contributed by atoms with Gasteiger partial charge >= 0.3 is 0 Å². The Morgan fingerprint density at radius 2 is 1.58 bits per heavy atom. The van der Waals surface area contributed by atoms with Crippen LogP contribution in [0.25, 0.3) is 0 Å². The van der Waals surface area contributed by atoms with E-state index in [1.807, 2.05) is 0 Å². The topological polar surface area (TPSA) is 37.4 Å². The lowest BCUT2D eigenvalue weighted by Crippen LogP contribution is -2.37. The van der Waals surface area contributed by atoms with Crippen LogP contribution in [-0.4, -0.2) is 31.1 Å². The molecule has 0 atom stereocenters. The summed E-state index contributed by atoms with van der Waals surface area (Å²) >= 11 is 0. The van der Waals surface area contributed by atoms with Gasteiger partial charge in [0, 0.05) is 13.1 Å². The summed E-state index contributed by atoms with van der Waals surface area (Å²) < 4.78 is 25.0. The molecular formula is C8H15NO2S. The molecule has 0 N–H and O–H groups in total. The zero-order valence-corrected chi connectivity index (χ0v) is 8.02. The summed E-state index contributed by atoms with van der Waals surface area (Å²) in [5.74, 6) is 0. The van der Waals surface area contributed by atoms with E-state index in [1.165, 1.54) is 6.42 Å². The van der Waals surface area contributed by atoms with Crippen molar-refractivity contribution >= 4 is 10.0 Å². The largest absolute Gasteiger partial charge is 0.216 e. The maximum atomic E-state index is 11.7. The van der Waals surface area contributed by atoms with Crippen molar-refractivity contribution in [1.82, 2.24) is 4.31 Å². The number of sulfonamides is 1. The Bertz CT molecular complexity index is 250. The number of hydrogen-bond donors (Lipinski definition) is 0. The molecule has 0 radical (unpaired) electrons. The Kier molecular flexibility index (Phi) is 2.12. The van der Waals surface area contributed by atoms with E-state index in [0.717, 1.165) is 38.8 Å². The normalized spacial score (nSPS) is 27.3. The first-order valence-electron chi connectivity index (χ1n) is 4.70. The molecule has 3 nitrogen and oxygen atoms in total. The monoisotopic (exact) mass is 189 g/mol. The minimum Gasteiger partial charge on any atom is -0.212 e. The summed E-state index contributed by atoms with van der Waals surface area (Å²) in [4.78, 5) is 0. The van der Waals surface area contributed by atoms with E-state index in [4.69, 9.17) is 0 Å². The van der Waals surface area contributed by atoms with Gasteiger partial charge in [0.1, 0.15) is 0 Å². The van der Waals surface area contributed by atoms with E-state index in [1.54, 1.807) is 4.31 Å². The summed E-state index contributed by atoms with van der Waals surface area (Å²) in [5.41, 5.74) is 0. The highest BCUT2D eigenvalue weighted by molar-refractivity contribution is 7.90. The molecule has 0 aromatic carbocycles. The zero-order chi connectivity index (χ0) is 8.60. The molecular weight excluding hydrogens is 174 g/mol. The van der Waals surface area contributed by atoms with E-state index in [-0.39, 0.29) is 5.25 Å². The summed E-state index contributed by atoms with van der Waals surface area (Å²) in [5, 5.41) is -0.0180.